The van der Waals surface area contributed by atoms with Crippen molar-refractivity contribution >= 4 is 0 Å². The van der Waals surface area contributed by atoms with Crippen LogP contribution in [-0.4, -0.2) is 36.0 Å². The molecule has 1 unspecified atom stereocenters. The fourth-order valence-electron chi connectivity index (χ4n) is 1.32. The van der Waals surface area contributed by atoms with Gasteiger partial charge in [-0.05, 0) is 30.7 Å². The van der Waals surface area contributed by atoms with Gasteiger partial charge in [0, 0.05) is 12.6 Å². The molecule has 0 aliphatic rings. The van der Waals surface area contributed by atoms with Crippen molar-refractivity contribution in [3.05, 3.63) is 35.4 Å². The Morgan fingerprint density at radius 1 is 1.19 bits per heavy atom. The summed E-state index contributed by atoms with van der Waals surface area (Å²) in [5.41, 5.74) is 0.559. The molecule has 0 aliphatic carbocycles. The lowest BCUT2D eigenvalue weighted by molar-refractivity contribution is 0.0947. The molecule has 0 saturated heterocycles. The van der Waals surface area contributed by atoms with E-state index in [1.807, 2.05) is 0 Å². The number of benzene rings is 1. The van der Waals surface area contributed by atoms with Crippen LogP contribution in [0.15, 0.2) is 18.2 Å². The van der Waals surface area contributed by atoms with Gasteiger partial charge in [-0.25, -0.2) is 8.78 Å². The van der Waals surface area contributed by atoms with E-state index in [0.29, 0.717) is 18.5 Å². The van der Waals surface area contributed by atoms with Gasteiger partial charge in [0.05, 0.1) is 12.7 Å². The van der Waals surface area contributed by atoms with Crippen molar-refractivity contribution in [1.29, 1.82) is 0 Å². The molecule has 0 radical (unpaired) electrons. The summed E-state index contributed by atoms with van der Waals surface area (Å²) in [5.74, 6) is -1.18. The number of nitrogens with one attached hydrogen (secondary N) is 1. The van der Waals surface area contributed by atoms with Gasteiger partial charge in [0.1, 0.15) is 11.6 Å². The molecule has 0 aliphatic heterocycles. The van der Waals surface area contributed by atoms with Gasteiger partial charge in [0.15, 0.2) is 0 Å². The van der Waals surface area contributed by atoms with Crippen LogP contribution in [0.5, 0.6) is 0 Å². The molecule has 0 bridgehead atoms. The van der Waals surface area contributed by atoms with Crippen LogP contribution in [0.4, 0.5) is 8.78 Å². The van der Waals surface area contributed by atoms with Crippen LogP contribution in [0.3, 0.4) is 0 Å². The fraction of sp³-hybridized carbons (Fsp3) is 0.455. The topological polar surface area (TPSA) is 52.5 Å². The van der Waals surface area contributed by atoms with Gasteiger partial charge in [-0.15, -0.1) is 0 Å². The number of aliphatic hydroxyl groups excluding tert-OH is 2. The first-order valence-electron chi connectivity index (χ1n) is 5.06. The zero-order valence-corrected chi connectivity index (χ0v) is 8.79. The lowest BCUT2D eigenvalue weighted by Gasteiger charge is -2.08. The molecule has 90 valence electrons. The molecule has 0 fully saturated rings. The number of aliphatic hydroxyl groups is 2. The molecule has 1 aromatic rings. The summed E-state index contributed by atoms with van der Waals surface area (Å²) in [6.07, 6.45) is -0.337. The smallest absolute Gasteiger partial charge is 0.126 e. The molecule has 16 heavy (non-hydrogen) atoms. The molecule has 0 saturated carbocycles. The van der Waals surface area contributed by atoms with Crippen molar-refractivity contribution in [2.24, 2.45) is 0 Å². The summed E-state index contributed by atoms with van der Waals surface area (Å²) in [6.45, 7) is 0.440. The number of rotatable bonds is 6. The van der Waals surface area contributed by atoms with Gasteiger partial charge in [-0.1, -0.05) is 0 Å². The maximum atomic E-state index is 12.8. The van der Waals surface area contributed by atoms with Crippen LogP contribution in [0.1, 0.15) is 5.56 Å². The predicted octanol–water partition coefficient (Wildman–Crippen LogP) is 0.450. The quantitative estimate of drug-likeness (QED) is 0.623. The van der Waals surface area contributed by atoms with E-state index in [1.54, 1.807) is 0 Å². The number of hydrogen-bond donors (Lipinski definition) is 3. The van der Waals surface area contributed by atoms with Gasteiger partial charge in [0.2, 0.25) is 0 Å². The Hall–Kier alpha value is -1.04. The van der Waals surface area contributed by atoms with Crippen molar-refractivity contribution < 1.29 is 19.0 Å². The van der Waals surface area contributed by atoms with Crippen LogP contribution in [0.25, 0.3) is 0 Å². The molecule has 0 spiro atoms. The molecule has 3 N–H and O–H groups in total. The molecule has 0 heterocycles. The van der Waals surface area contributed by atoms with E-state index in [-0.39, 0.29) is 13.2 Å². The Kier molecular flexibility index (Phi) is 5.31. The monoisotopic (exact) mass is 231 g/mol. The van der Waals surface area contributed by atoms with Crippen molar-refractivity contribution in [3.63, 3.8) is 0 Å². The Balaban J connectivity index is 2.32. The third kappa shape index (κ3) is 4.65. The standard InChI is InChI=1S/C11H15F2NO2/c12-9-3-8(4-10(13)5-9)1-2-14-6-11(16)7-15/h3-5,11,14-16H,1-2,6-7H2. The van der Waals surface area contributed by atoms with Crippen LogP contribution < -0.4 is 5.32 Å². The van der Waals surface area contributed by atoms with Crippen molar-refractivity contribution in [1.82, 2.24) is 5.32 Å². The lowest BCUT2D eigenvalue weighted by atomic mass is 10.1. The van der Waals surface area contributed by atoms with E-state index >= 15 is 0 Å². The third-order valence-electron chi connectivity index (χ3n) is 2.10. The maximum Gasteiger partial charge on any atom is 0.126 e. The highest BCUT2D eigenvalue weighted by molar-refractivity contribution is 5.18. The summed E-state index contributed by atoms with van der Waals surface area (Å²) in [4.78, 5) is 0. The first kappa shape index (κ1) is 13.0. The van der Waals surface area contributed by atoms with E-state index < -0.39 is 17.7 Å². The van der Waals surface area contributed by atoms with E-state index in [2.05, 4.69) is 5.32 Å². The minimum atomic E-state index is -0.802. The molecule has 1 atom stereocenters. The van der Waals surface area contributed by atoms with Gasteiger partial charge < -0.3 is 15.5 Å². The second-order valence-corrected chi connectivity index (χ2v) is 3.57. The molecule has 3 nitrogen and oxygen atoms in total. The SMILES string of the molecule is OCC(O)CNCCc1cc(F)cc(F)c1. The molecular formula is C11H15F2NO2. The Morgan fingerprint density at radius 2 is 1.81 bits per heavy atom. The van der Waals surface area contributed by atoms with Crippen molar-refractivity contribution in [2.75, 3.05) is 19.7 Å². The van der Waals surface area contributed by atoms with Gasteiger partial charge >= 0.3 is 0 Å². The third-order valence-corrected chi connectivity index (χ3v) is 2.10. The summed E-state index contributed by atoms with van der Waals surface area (Å²) in [7, 11) is 0. The highest BCUT2D eigenvalue weighted by atomic mass is 19.1. The minimum Gasteiger partial charge on any atom is -0.394 e. The zero-order valence-electron chi connectivity index (χ0n) is 8.79. The first-order valence-corrected chi connectivity index (χ1v) is 5.06. The molecule has 0 aromatic heterocycles. The van der Waals surface area contributed by atoms with Crippen LogP contribution in [0, 0.1) is 11.6 Å². The molecular weight excluding hydrogens is 216 g/mol. The summed E-state index contributed by atoms with van der Waals surface area (Å²) < 4.78 is 25.6. The van der Waals surface area contributed by atoms with E-state index in [9.17, 15) is 8.78 Å². The normalized spacial score (nSPS) is 12.8. The maximum absolute atomic E-state index is 12.8. The number of halogens is 2. The fourth-order valence-corrected chi connectivity index (χ4v) is 1.32. The molecule has 1 aromatic carbocycles. The summed E-state index contributed by atoms with van der Waals surface area (Å²) in [5, 5.41) is 20.4. The minimum absolute atomic E-state index is 0.258. The Labute approximate surface area is 92.7 Å². The van der Waals surface area contributed by atoms with Crippen LogP contribution in [-0.2, 0) is 6.42 Å². The van der Waals surface area contributed by atoms with E-state index in [1.165, 1.54) is 12.1 Å². The summed E-state index contributed by atoms with van der Waals surface area (Å²) >= 11 is 0. The predicted molar refractivity (Wildman–Crippen MR) is 56.0 cm³/mol. The average Bonchev–Trinajstić information content (AvgIpc) is 2.22. The van der Waals surface area contributed by atoms with Crippen LogP contribution in [0.2, 0.25) is 0 Å². The van der Waals surface area contributed by atoms with Gasteiger partial charge in [0.25, 0.3) is 0 Å². The molecule has 5 heteroatoms. The average molecular weight is 231 g/mol. The molecule has 1 rings (SSSR count). The van der Waals surface area contributed by atoms with Crippen LogP contribution >= 0.6 is 0 Å². The van der Waals surface area contributed by atoms with Gasteiger partial charge in [-0.3, -0.25) is 0 Å². The Morgan fingerprint density at radius 3 is 2.38 bits per heavy atom. The summed E-state index contributed by atoms with van der Waals surface area (Å²) in [6, 6.07) is 3.37. The highest BCUT2D eigenvalue weighted by Gasteiger charge is 2.02. The van der Waals surface area contributed by atoms with E-state index in [0.717, 1.165) is 6.07 Å². The highest BCUT2D eigenvalue weighted by Crippen LogP contribution is 2.07. The number of hydrogen-bond acceptors (Lipinski definition) is 3. The van der Waals surface area contributed by atoms with Crippen molar-refractivity contribution in [2.45, 2.75) is 12.5 Å². The zero-order chi connectivity index (χ0) is 12.0. The van der Waals surface area contributed by atoms with Gasteiger partial charge in [-0.2, -0.15) is 0 Å². The lowest BCUT2D eigenvalue weighted by Crippen LogP contribution is -2.30. The largest absolute Gasteiger partial charge is 0.394 e. The second-order valence-electron chi connectivity index (χ2n) is 3.57. The second kappa shape index (κ2) is 6.52. The van der Waals surface area contributed by atoms with Crippen molar-refractivity contribution in [3.8, 4) is 0 Å². The molecule has 0 amide bonds. The van der Waals surface area contributed by atoms with E-state index in [4.69, 9.17) is 10.2 Å². The Bertz CT molecular complexity index is 314. The first-order chi connectivity index (χ1) is 7.61.